The van der Waals surface area contributed by atoms with Crippen LogP contribution in [0.2, 0.25) is 0 Å². The second-order valence-electron chi connectivity index (χ2n) is 6.11. The van der Waals surface area contributed by atoms with E-state index >= 15 is 0 Å². The topological polar surface area (TPSA) is 55.0 Å². The summed E-state index contributed by atoms with van der Waals surface area (Å²) in [6.07, 6.45) is 8.59. The third kappa shape index (κ3) is 4.12. The van der Waals surface area contributed by atoms with Gasteiger partial charge in [0, 0.05) is 12.0 Å². The summed E-state index contributed by atoms with van der Waals surface area (Å²) in [4.78, 5) is 12.2. The Morgan fingerprint density at radius 1 is 1.36 bits per heavy atom. The molecule has 1 aromatic heterocycles. The molecule has 0 saturated heterocycles. The molecule has 3 rings (SSSR count). The molecule has 1 aromatic carbocycles. The molecule has 0 spiro atoms. The summed E-state index contributed by atoms with van der Waals surface area (Å²) in [5, 5.41) is 7.09. The van der Waals surface area contributed by atoms with Gasteiger partial charge >= 0.3 is 0 Å². The summed E-state index contributed by atoms with van der Waals surface area (Å²) in [5.74, 6) is 0.598. The molecular weight excluding hydrogens is 319 g/mol. The van der Waals surface area contributed by atoms with Gasteiger partial charge in [-0.2, -0.15) is 5.10 Å². The highest BCUT2D eigenvalue weighted by Crippen LogP contribution is 2.28. The minimum atomic E-state index is -1.30. The minimum absolute atomic E-state index is 0.108. The number of H-pyrrole nitrogens is 1. The Labute approximate surface area is 145 Å². The first-order valence-corrected chi connectivity index (χ1v) is 7.97. The fourth-order valence-electron chi connectivity index (χ4n) is 2.49. The molecule has 2 aromatic rings. The molecule has 1 aliphatic rings. The smallest absolute Gasteiger partial charge is 0.185 e. The Balaban J connectivity index is 1.68. The van der Waals surface area contributed by atoms with Crippen LogP contribution in [0.4, 0.5) is 4.39 Å². The van der Waals surface area contributed by atoms with Crippen LogP contribution in [0.15, 0.2) is 54.6 Å². The highest BCUT2D eigenvalue weighted by molar-refractivity contribution is 6.06. The van der Waals surface area contributed by atoms with E-state index in [9.17, 15) is 9.18 Å². The van der Waals surface area contributed by atoms with Crippen LogP contribution in [0, 0.1) is 0 Å². The van der Waals surface area contributed by atoms with E-state index in [1.165, 1.54) is 6.08 Å². The van der Waals surface area contributed by atoms with Crippen molar-refractivity contribution in [1.82, 2.24) is 10.2 Å². The van der Waals surface area contributed by atoms with Gasteiger partial charge in [0.2, 0.25) is 0 Å². The molecule has 1 N–H and O–H groups in total. The quantitative estimate of drug-likeness (QED) is 0.650. The van der Waals surface area contributed by atoms with Crippen molar-refractivity contribution in [3.05, 3.63) is 71.6 Å². The van der Waals surface area contributed by atoms with Gasteiger partial charge in [-0.1, -0.05) is 12.2 Å². The van der Waals surface area contributed by atoms with E-state index in [1.807, 2.05) is 12.1 Å². The molecule has 0 aliphatic heterocycles. The molecule has 0 amide bonds. The molecule has 0 radical (unpaired) electrons. The number of benzene rings is 1. The van der Waals surface area contributed by atoms with Crippen LogP contribution in [0.5, 0.6) is 5.75 Å². The fraction of sp³-hybridized carbons (Fsp3) is 0.200. The van der Waals surface area contributed by atoms with Crippen LogP contribution >= 0.6 is 0 Å². The summed E-state index contributed by atoms with van der Waals surface area (Å²) in [6.45, 7) is 1.54. The van der Waals surface area contributed by atoms with E-state index in [-0.39, 0.29) is 5.78 Å². The lowest BCUT2D eigenvalue weighted by molar-refractivity contribution is 0.104. The maximum absolute atomic E-state index is 13.8. The predicted molar refractivity (Wildman–Crippen MR) is 96.2 cm³/mol. The van der Waals surface area contributed by atoms with Crippen molar-refractivity contribution in [2.75, 3.05) is 7.11 Å². The predicted octanol–water partition coefficient (Wildman–Crippen LogP) is 4.39. The van der Waals surface area contributed by atoms with Crippen LogP contribution < -0.4 is 4.74 Å². The molecule has 4 nitrogen and oxygen atoms in total. The van der Waals surface area contributed by atoms with Crippen molar-refractivity contribution in [1.29, 1.82) is 0 Å². The van der Waals surface area contributed by atoms with Gasteiger partial charge in [0.15, 0.2) is 5.78 Å². The average Bonchev–Trinajstić information content (AvgIpc) is 3.08. The Bertz CT molecular complexity index is 858. The van der Waals surface area contributed by atoms with Gasteiger partial charge < -0.3 is 4.74 Å². The number of allylic oxidation sites excluding steroid dienone is 5. The summed E-state index contributed by atoms with van der Waals surface area (Å²) in [5.41, 5.74) is 1.58. The van der Waals surface area contributed by atoms with Crippen LogP contribution in [-0.4, -0.2) is 28.8 Å². The summed E-state index contributed by atoms with van der Waals surface area (Å²) >= 11 is 0. The summed E-state index contributed by atoms with van der Waals surface area (Å²) in [6, 6.07) is 8.76. The molecule has 1 heterocycles. The van der Waals surface area contributed by atoms with E-state index in [0.717, 1.165) is 11.3 Å². The lowest BCUT2D eigenvalue weighted by Gasteiger charge is -2.17. The van der Waals surface area contributed by atoms with Crippen molar-refractivity contribution < 1.29 is 13.9 Å². The Hall–Kier alpha value is -2.95. The number of carbonyl (C=O) groups is 1. The van der Waals surface area contributed by atoms with Gasteiger partial charge in [0.05, 0.1) is 18.5 Å². The first-order chi connectivity index (χ1) is 12.0. The SMILES string of the molecule is COc1ccc(C(=O)/C=C/c2cc(C3=CCC(C)(F)C=C3)n[nH]2)cc1. The second kappa shape index (κ2) is 6.89. The number of methoxy groups -OCH3 is 1. The van der Waals surface area contributed by atoms with Crippen molar-refractivity contribution in [3.63, 3.8) is 0 Å². The number of aromatic amines is 1. The molecule has 5 heteroatoms. The lowest BCUT2D eigenvalue weighted by atomic mass is 9.94. The van der Waals surface area contributed by atoms with Gasteiger partial charge in [0.25, 0.3) is 0 Å². The van der Waals surface area contributed by atoms with E-state index in [4.69, 9.17) is 4.74 Å². The highest BCUT2D eigenvalue weighted by atomic mass is 19.1. The summed E-state index contributed by atoms with van der Waals surface area (Å²) in [7, 11) is 1.58. The molecule has 1 aliphatic carbocycles. The van der Waals surface area contributed by atoms with Crippen LogP contribution in [0.25, 0.3) is 11.6 Å². The number of carbonyl (C=O) groups excluding carboxylic acids is 1. The Morgan fingerprint density at radius 2 is 2.12 bits per heavy atom. The first-order valence-electron chi connectivity index (χ1n) is 7.97. The van der Waals surface area contributed by atoms with Crippen molar-refractivity contribution in [3.8, 4) is 5.75 Å². The van der Waals surface area contributed by atoms with Gasteiger partial charge in [-0.3, -0.25) is 9.89 Å². The van der Waals surface area contributed by atoms with Gasteiger partial charge in [-0.05, 0) is 61.1 Å². The number of aromatic nitrogens is 2. The summed E-state index contributed by atoms with van der Waals surface area (Å²) < 4.78 is 18.8. The van der Waals surface area contributed by atoms with Crippen LogP contribution in [0.3, 0.4) is 0 Å². The minimum Gasteiger partial charge on any atom is -0.497 e. The van der Waals surface area contributed by atoms with Gasteiger partial charge in [-0.15, -0.1) is 0 Å². The molecule has 25 heavy (non-hydrogen) atoms. The number of ether oxygens (including phenoxy) is 1. The third-order valence-electron chi connectivity index (χ3n) is 4.01. The van der Waals surface area contributed by atoms with Gasteiger partial charge in [0.1, 0.15) is 11.4 Å². The second-order valence-corrected chi connectivity index (χ2v) is 6.11. The zero-order valence-electron chi connectivity index (χ0n) is 14.1. The standard InChI is InChI=1S/C20H19FN2O2/c1-20(21)11-9-14(10-12-20)18-13-16(22-23-18)5-8-19(24)15-3-6-17(25-2)7-4-15/h3-11,13H,12H2,1-2H3,(H,22,23)/b8-5+. The number of hydrogen-bond acceptors (Lipinski definition) is 3. The number of nitrogens with zero attached hydrogens (tertiary/aromatic N) is 1. The zero-order chi connectivity index (χ0) is 17.9. The van der Waals surface area contributed by atoms with E-state index in [1.54, 1.807) is 56.5 Å². The lowest BCUT2D eigenvalue weighted by Crippen LogP contribution is -2.15. The fourth-order valence-corrected chi connectivity index (χ4v) is 2.49. The molecule has 128 valence electrons. The number of halogens is 1. The normalized spacial score (nSPS) is 19.9. The van der Waals surface area contributed by atoms with Crippen molar-refractivity contribution in [2.24, 2.45) is 0 Å². The zero-order valence-corrected chi connectivity index (χ0v) is 14.1. The Kier molecular flexibility index (Phi) is 4.65. The maximum Gasteiger partial charge on any atom is 0.185 e. The molecule has 1 unspecified atom stereocenters. The molecule has 1 atom stereocenters. The van der Waals surface area contributed by atoms with Gasteiger partial charge in [-0.25, -0.2) is 4.39 Å². The van der Waals surface area contributed by atoms with Crippen LogP contribution in [0.1, 0.15) is 35.1 Å². The maximum atomic E-state index is 13.8. The Morgan fingerprint density at radius 3 is 2.76 bits per heavy atom. The van der Waals surface area contributed by atoms with E-state index in [2.05, 4.69) is 10.2 Å². The van der Waals surface area contributed by atoms with E-state index < -0.39 is 5.67 Å². The number of ketones is 1. The molecular formula is C20H19FN2O2. The number of nitrogens with one attached hydrogen (secondary N) is 1. The number of hydrogen-bond donors (Lipinski definition) is 1. The average molecular weight is 338 g/mol. The molecule has 0 bridgehead atoms. The largest absolute Gasteiger partial charge is 0.497 e. The first kappa shape index (κ1) is 16.9. The number of rotatable bonds is 5. The number of alkyl halides is 1. The van der Waals surface area contributed by atoms with Crippen LogP contribution in [-0.2, 0) is 0 Å². The molecule has 0 fully saturated rings. The molecule has 0 saturated carbocycles. The monoisotopic (exact) mass is 338 g/mol. The highest BCUT2D eigenvalue weighted by Gasteiger charge is 2.21. The van der Waals surface area contributed by atoms with Crippen molar-refractivity contribution >= 4 is 17.4 Å². The third-order valence-corrected chi connectivity index (χ3v) is 4.01. The van der Waals surface area contributed by atoms with Crippen molar-refractivity contribution in [2.45, 2.75) is 19.0 Å². The van der Waals surface area contributed by atoms with E-state index in [0.29, 0.717) is 23.4 Å².